The highest BCUT2D eigenvalue weighted by atomic mass is 16.2. The van der Waals surface area contributed by atoms with E-state index in [1.54, 1.807) is 11.9 Å². The molecule has 1 amide bonds. The minimum absolute atomic E-state index is 0.00478. The van der Waals surface area contributed by atoms with Crippen LogP contribution in [0.1, 0.15) is 30.4 Å². The SMILES string of the molecule is Cc1ccccc1CCN(C)C(=O)C1(C#N)CCC1. The molecule has 1 aliphatic rings. The number of hydrogen-bond acceptors (Lipinski definition) is 2. The number of aryl methyl sites for hydroxylation is 1. The predicted octanol–water partition coefficient (Wildman–Crippen LogP) is 2.69. The summed E-state index contributed by atoms with van der Waals surface area (Å²) >= 11 is 0. The van der Waals surface area contributed by atoms with E-state index < -0.39 is 5.41 Å². The Hall–Kier alpha value is -1.82. The highest BCUT2D eigenvalue weighted by Crippen LogP contribution is 2.41. The summed E-state index contributed by atoms with van der Waals surface area (Å²) in [7, 11) is 1.80. The van der Waals surface area contributed by atoms with E-state index in [2.05, 4.69) is 25.1 Å². The Morgan fingerprint density at radius 3 is 2.63 bits per heavy atom. The van der Waals surface area contributed by atoms with E-state index in [1.807, 2.05) is 12.1 Å². The second kappa shape index (κ2) is 5.44. The van der Waals surface area contributed by atoms with Crippen LogP contribution in [0, 0.1) is 23.7 Å². The third kappa shape index (κ3) is 2.63. The molecule has 0 radical (unpaired) electrons. The third-order valence-corrected chi connectivity index (χ3v) is 4.16. The summed E-state index contributed by atoms with van der Waals surface area (Å²) in [4.78, 5) is 14.0. The third-order valence-electron chi connectivity index (χ3n) is 4.16. The number of carbonyl (C=O) groups is 1. The Labute approximate surface area is 114 Å². The van der Waals surface area contributed by atoms with Crippen LogP contribution in [-0.2, 0) is 11.2 Å². The van der Waals surface area contributed by atoms with Gasteiger partial charge >= 0.3 is 0 Å². The molecule has 1 saturated carbocycles. The molecule has 1 fully saturated rings. The second-order valence-electron chi connectivity index (χ2n) is 5.45. The first kappa shape index (κ1) is 13.6. The lowest BCUT2D eigenvalue weighted by atomic mass is 9.69. The molecule has 1 aromatic carbocycles. The minimum Gasteiger partial charge on any atom is -0.344 e. The van der Waals surface area contributed by atoms with Crippen molar-refractivity contribution < 1.29 is 4.79 Å². The Kier molecular flexibility index (Phi) is 3.90. The lowest BCUT2D eigenvalue weighted by Crippen LogP contribution is -2.46. The Morgan fingerprint density at radius 2 is 2.11 bits per heavy atom. The number of nitrogens with zero attached hydrogens (tertiary/aromatic N) is 2. The van der Waals surface area contributed by atoms with Crippen molar-refractivity contribution in [2.24, 2.45) is 5.41 Å². The maximum absolute atomic E-state index is 12.3. The van der Waals surface area contributed by atoms with Crippen molar-refractivity contribution in [2.45, 2.75) is 32.6 Å². The molecule has 1 aliphatic carbocycles. The van der Waals surface area contributed by atoms with E-state index in [0.29, 0.717) is 6.54 Å². The number of carbonyl (C=O) groups excluding carboxylic acids is 1. The van der Waals surface area contributed by atoms with Gasteiger partial charge in [0.25, 0.3) is 0 Å². The molecule has 0 aromatic heterocycles. The minimum atomic E-state index is -0.722. The summed E-state index contributed by atoms with van der Waals surface area (Å²) in [5, 5.41) is 9.19. The second-order valence-corrected chi connectivity index (χ2v) is 5.45. The Bertz CT molecular complexity index is 512. The van der Waals surface area contributed by atoms with Crippen LogP contribution in [-0.4, -0.2) is 24.4 Å². The van der Waals surface area contributed by atoms with Gasteiger partial charge in [0.1, 0.15) is 5.41 Å². The van der Waals surface area contributed by atoms with Gasteiger partial charge in [-0.25, -0.2) is 0 Å². The molecule has 0 atom stereocenters. The van der Waals surface area contributed by atoms with Crippen LogP contribution in [0.3, 0.4) is 0 Å². The summed E-state index contributed by atoms with van der Waals surface area (Å²) in [6.45, 7) is 2.76. The van der Waals surface area contributed by atoms with Crippen molar-refractivity contribution in [1.29, 1.82) is 5.26 Å². The van der Waals surface area contributed by atoms with E-state index >= 15 is 0 Å². The van der Waals surface area contributed by atoms with Gasteiger partial charge in [-0.05, 0) is 43.7 Å². The first-order chi connectivity index (χ1) is 9.09. The van der Waals surface area contributed by atoms with Crippen molar-refractivity contribution in [3.8, 4) is 6.07 Å². The molecule has 2 rings (SSSR count). The highest BCUT2D eigenvalue weighted by molar-refractivity contribution is 5.86. The smallest absolute Gasteiger partial charge is 0.242 e. The lowest BCUT2D eigenvalue weighted by molar-refractivity contribution is -0.141. The zero-order valence-electron chi connectivity index (χ0n) is 11.6. The molecule has 3 nitrogen and oxygen atoms in total. The fourth-order valence-electron chi connectivity index (χ4n) is 2.55. The van der Waals surface area contributed by atoms with Crippen molar-refractivity contribution in [1.82, 2.24) is 4.90 Å². The van der Waals surface area contributed by atoms with Crippen molar-refractivity contribution in [3.05, 3.63) is 35.4 Å². The predicted molar refractivity (Wildman–Crippen MR) is 74.4 cm³/mol. The van der Waals surface area contributed by atoms with Gasteiger partial charge in [-0.2, -0.15) is 5.26 Å². The summed E-state index contributed by atoms with van der Waals surface area (Å²) in [6.07, 6.45) is 3.27. The molecule has 0 N–H and O–H groups in total. The van der Waals surface area contributed by atoms with Crippen LogP contribution in [0.15, 0.2) is 24.3 Å². The number of hydrogen-bond donors (Lipinski definition) is 0. The molecule has 0 unspecified atom stereocenters. The number of benzene rings is 1. The van der Waals surface area contributed by atoms with Crippen molar-refractivity contribution in [2.75, 3.05) is 13.6 Å². The van der Waals surface area contributed by atoms with E-state index in [1.165, 1.54) is 11.1 Å². The topological polar surface area (TPSA) is 44.1 Å². The summed E-state index contributed by atoms with van der Waals surface area (Å²) in [5.74, 6) is -0.00478. The van der Waals surface area contributed by atoms with Gasteiger partial charge in [0, 0.05) is 13.6 Å². The van der Waals surface area contributed by atoms with Gasteiger partial charge in [0.15, 0.2) is 0 Å². The molecule has 1 aromatic rings. The normalized spacial score (nSPS) is 16.3. The van der Waals surface area contributed by atoms with Gasteiger partial charge in [-0.3, -0.25) is 4.79 Å². The van der Waals surface area contributed by atoms with E-state index in [-0.39, 0.29) is 5.91 Å². The molecule has 0 aliphatic heterocycles. The monoisotopic (exact) mass is 256 g/mol. The average Bonchev–Trinajstić information content (AvgIpc) is 2.36. The molecule has 0 heterocycles. The molecule has 19 heavy (non-hydrogen) atoms. The molecule has 0 bridgehead atoms. The largest absolute Gasteiger partial charge is 0.344 e. The number of rotatable bonds is 4. The lowest BCUT2D eigenvalue weighted by Gasteiger charge is -2.36. The van der Waals surface area contributed by atoms with E-state index in [9.17, 15) is 10.1 Å². The Morgan fingerprint density at radius 1 is 1.42 bits per heavy atom. The summed E-state index contributed by atoms with van der Waals surface area (Å²) in [6, 6.07) is 10.4. The first-order valence-corrected chi connectivity index (χ1v) is 6.80. The van der Waals surface area contributed by atoms with Crippen LogP contribution in [0.25, 0.3) is 0 Å². The highest BCUT2D eigenvalue weighted by Gasteiger charge is 2.45. The van der Waals surface area contributed by atoms with E-state index in [4.69, 9.17) is 0 Å². The number of likely N-dealkylation sites (N-methyl/N-ethyl adjacent to an activating group) is 1. The molecular formula is C16H20N2O. The number of nitriles is 1. The summed E-state index contributed by atoms with van der Waals surface area (Å²) in [5.41, 5.74) is 1.80. The summed E-state index contributed by atoms with van der Waals surface area (Å²) < 4.78 is 0. The van der Waals surface area contributed by atoms with Gasteiger partial charge < -0.3 is 4.90 Å². The maximum Gasteiger partial charge on any atom is 0.242 e. The molecule has 0 spiro atoms. The van der Waals surface area contributed by atoms with E-state index in [0.717, 1.165) is 25.7 Å². The average molecular weight is 256 g/mol. The quantitative estimate of drug-likeness (QED) is 0.831. The molecule has 3 heteroatoms. The molecular weight excluding hydrogens is 236 g/mol. The van der Waals surface area contributed by atoms with Crippen LogP contribution in [0.2, 0.25) is 0 Å². The van der Waals surface area contributed by atoms with Gasteiger partial charge in [0.05, 0.1) is 6.07 Å². The van der Waals surface area contributed by atoms with Crippen LogP contribution < -0.4 is 0 Å². The van der Waals surface area contributed by atoms with Crippen LogP contribution in [0.4, 0.5) is 0 Å². The Balaban J connectivity index is 1.95. The number of amides is 1. The van der Waals surface area contributed by atoms with Gasteiger partial charge in [-0.1, -0.05) is 24.3 Å². The molecule has 0 saturated heterocycles. The zero-order valence-corrected chi connectivity index (χ0v) is 11.6. The zero-order chi connectivity index (χ0) is 13.9. The first-order valence-electron chi connectivity index (χ1n) is 6.80. The standard InChI is InChI=1S/C16H20N2O/c1-13-6-3-4-7-14(13)8-11-18(2)15(19)16(12-17)9-5-10-16/h3-4,6-7H,5,8-11H2,1-2H3. The van der Waals surface area contributed by atoms with Crippen molar-refractivity contribution in [3.63, 3.8) is 0 Å². The van der Waals surface area contributed by atoms with Gasteiger partial charge in [-0.15, -0.1) is 0 Å². The van der Waals surface area contributed by atoms with Gasteiger partial charge in [0.2, 0.25) is 5.91 Å². The van der Waals surface area contributed by atoms with Crippen LogP contribution >= 0.6 is 0 Å². The van der Waals surface area contributed by atoms with Crippen LogP contribution in [0.5, 0.6) is 0 Å². The fourth-order valence-corrected chi connectivity index (χ4v) is 2.55. The maximum atomic E-state index is 12.3. The fraction of sp³-hybridized carbons (Fsp3) is 0.500. The van der Waals surface area contributed by atoms with Crippen molar-refractivity contribution >= 4 is 5.91 Å². The molecule has 100 valence electrons.